The highest BCUT2D eigenvalue weighted by Crippen LogP contribution is 2.27. The summed E-state index contributed by atoms with van der Waals surface area (Å²) in [7, 11) is 0. The van der Waals surface area contributed by atoms with Gasteiger partial charge in [-0.05, 0) is 6.42 Å². The number of aliphatic hydroxyl groups is 1. The Bertz CT molecular complexity index is 539. The summed E-state index contributed by atoms with van der Waals surface area (Å²) in [5.41, 5.74) is 7.05. The zero-order valence-electron chi connectivity index (χ0n) is 9.30. The van der Waals surface area contributed by atoms with Crippen molar-refractivity contribution in [2.24, 2.45) is 5.92 Å². The average Bonchev–Trinajstić information content (AvgIpc) is 2.95. The molecule has 3 heterocycles. The number of hydrogen-bond donors (Lipinski definition) is 3. The van der Waals surface area contributed by atoms with Gasteiger partial charge in [0.05, 0.1) is 6.33 Å². The van der Waals surface area contributed by atoms with Crippen LogP contribution in [0.15, 0.2) is 6.33 Å². The molecule has 1 aliphatic heterocycles. The molecule has 0 spiro atoms. The van der Waals surface area contributed by atoms with Gasteiger partial charge in [-0.25, -0.2) is 4.98 Å². The van der Waals surface area contributed by atoms with Crippen molar-refractivity contribution in [3.63, 3.8) is 0 Å². The average molecular weight is 234 g/mol. The maximum Gasteiger partial charge on any atom is 0.224 e. The molecule has 2 aromatic heterocycles. The Balaban J connectivity index is 2.02. The molecule has 0 aliphatic carbocycles. The van der Waals surface area contributed by atoms with Gasteiger partial charge in [0.25, 0.3) is 0 Å². The second kappa shape index (κ2) is 3.85. The minimum Gasteiger partial charge on any atom is -0.396 e. The molecule has 90 valence electrons. The number of nitrogen functional groups attached to an aromatic ring is 1. The minimum atomic E-state index is 0.211. The molecule has 0 amide bonds. The first-order valence-corrected chi connectivity index (χ1v) is 5.60. The van der Waals surface area contributed by atoms with Crippen LogP contribution in [0.25, 0.3) is 11.2 Å². The number of fused-ring (bicyclic) bond motifs is 1. The van der Waals surface area contributed by atoms with E-state index >= 15 is 0 Å². The Labute approximate surface area is 97.7 Å². The quantitative estimate of drug-likeness (QED) is 0.662. The van der Waals surface area contributed by atoms with Gasteiger partial charge in [0.1, 0.15) is 5.52 Å². The summed E-state index contributed by atoms with van der Waals surface area (Å²) in [6.45, 7) is 1.88. The second-order valence-corrected chi connectivity index (χ2v) is 4.29. The number of nitrogens with one attached hydrogen (secondary N) is 1. The van der Waals surface area contributed by atoms with Crippen molar-refractivity contribution < 1.29 is 5.11 Å². The molecule has 1 aliphatic rings. The topological polar surface area (TPSA) is 104 Å². The number of aromatic amines is 1. The minimum absolute atomic E-state index is 0.211. The fourth-order valence-electron chi connectivity index (χ4n) is 2.24. The second-order valence-electron chi connectivity index (χ2n) is 4.29. The molecular formula is C10H14N6O. The summed E-state index contributed by atoms with van der Waals surface area (Å²) in [6, 6.07) is 0. The van der Waals surface area contributed by atoms with E-state index in [2.05, 4.69) is 24.8 Å². The third-order valence-electron chi connectivity index (χ3n) is 3.13. The third-order valence-corrected chi connectivity index (χ3v) is 3.13. The van der Waals surface area contributed by atoms with Crippen molar-refractivity contribution in [2.45, 2.75) is 6.42 Å². The Kier molecular flexibility index (Phi) is 2.32. The van der Waals surface area contributed by atoms with Crippen LogP contribution in [0.3, 0.4) is 0 Å². The molecule has 3 rings (SSSR count). The van der Waals surface area contributed by atoms with Gasteiger partial charge in [-0.1, -0.05) is 0 Å². The lowest BCUT2D eigenvalue weighted by Gasteiger charge is -2.17. The zero-order chi connectivity index (χ0) is 11.8. The predicted molar refractivity (Wildman–Crippen MR) is 63.5 cm³/mol. The van der Waals surface area contributed by atoms with Crippen LogP contribution in [-0.4, -0.2) is 44.7 Å². The fourth-order valence-corrected chi connectivity index (χ4v) is 2.24. The highest BCUT2D eigenvalue weighted by Gasteiger charge is 2.25. The molecule has 4 N–H and O–H groups in total. The molecule has 7 nitrogen and oxygen atoms in total. The molecule has 2 aromatic rings. The van der Waals surface area contributed by atoms with E-state index in [0.29, 0.717) is 11.6 Å². The number of hydrogen-bond acceptors (Lipinski definition) is 6. The van der Waals surface area contributed by atoms with E-state index in [4.69, 9.17) is 10.8 Å². The van der Waals surface area contributed by atoms with E-state index in [-0.39, 0.29) is 12.6 Å². The van der Waals surface area contributed by atoms with Crippen molar-refractivity contribution in [3.05, 3.63) is 6.33 Å². The Hall–Kier alpha value is -1.89. The van der Waals surface area contributed by atoms with Crippen molar-refractivity contribution >= 4 is 22.9 Å². The molecule has 1 atom stereocenters. The zero-order valence-corrected chi connectivity index (χ0v) is 9.30. The number of aliphatic hydroxyl groups excluding tert-OH is 1. The smallest absolute Gasteiger partial charge is 0.224 e. The monoisotopic (exact) mass is 234 g/mol. The van der Waals surface area contributed by atoms with Gasteiger partial charge < -0.3 is 20.7 Å². The van der Waals surface area contributed by atoms with E-state index < -0.39 is 0 Å². The van der Waals surface area contributed by atoms with E-state index in [1.165, 1.54) is 0 Å². The summed E-state index contributed by atoms with van der Waals surface area (Å²) in [5.74, 6) is 1.32. The normalized spacial score (nSPS) is 20.3. The number of anilines is 2. The standard InChI is InChI=1S/C10H14N6O/c11-10-14-8-7(12-5-13-8)9(15-10)16-2-1-6(3-16)4-17/h5-6,17H,1-4H2,(H3,11,12,13,14,15). The Morgan fingerprint density at radius 3 is 3.18 bits per heavy atom. The van der Waals surface area contributed by atoms with E-state index in [9.17, 15) is 0 Å². The molecule has 7 heteroatoms. The third kappa shape index (κ3) is 1.68. The van der Waals surface area contributed by atoms with Crippen molar-refractivity contribution in [2.75, 3.05) is 30.3 Å². The van der Waals surface area contributed by atoms with Gasteiger partial charge in [0, 0.05) is 25.6 Å². The van der Waals surface area contributed by atoms with Crippen LogP contribution in [0.2, 0.25) is 0 Å². The van der Waals surface area contributed by atoms with Crippen molar-refractivity contribution in [1.29, 1.82) is 0 Å². The summed E-state index contributed by atoms with van der Waals surface area (Å²) in [4.78, 5) is 17.5. The van der Waals surface area contributed by atoms with Crippen LogP contribution in [0.1, 0.15) is 6.42 Å². The lowest BCUT2D eigenvalue weighted by molar-refractivity contribution is 0.238. The SMILES string of the molecule is Nc1nc(N2CCC(CO)C2)c2[nH]cnc2n1. The fraction of sp³-hybridized carbons (Fsp3) is 0.500. The van der Waals surface area contributed by atoms with Crippen molar-refractivity contribution in [3.8, 4) is 0 Å². The van der Waals surface area contributed by atoms with Gasteiger partial charge in [-0.15, -0.1) is 0 Å². The summed E-state index contributed by atoms with van der Waals surface area (Å²) in [6.07, 6.45) is 2.55. The first-order valence-electron chi connectivity index (χ1n) is 5.60. The highest BCUT2D eigenvalue weighted by atomic mass is 16.3. The van der Waals surface area contributed by atoms with Crippen LogP contribution in [0, 0.1) is 5.92 Å². The maximum absolute atomic E-state index is 9.15. The molecule has 0 radical (unpaired) electrons. The van der Waals surface area contributed by atoms with Gasteiger partial charge in [0.15, 0.2) is 11.5 Å². The highest BCUT2D eigenvalue weighted by molar-refractivity contribution is 5.84. The molecule has 1 fully saturated rings. The number of nitrogens with zero attached hydrogens (tertiary/aromatic N) is 4. The number of H-pyrrole nitrogens is 1. The number of rotatable bonds is 2. The Morgan fingerprint density at radius 1 is 1.53 bits per heavy atom. The van der Waals surface area contributed by atoms with Crippen LogP contribution in [0.5, 0.6) is 0 Å². The number of aromatic nitrogens is 4. The van der Waals surface area contributed by atoms with Gasteiger partial charge in [0.2, 0.25) is 5.95 Å². The maximum atomic E-state index is 9.15. The lowest BCUT2D eigenvalue weighted by atomic mass is 10.1. The first kappa shape index (κ1) is 10.3. The van der Waals surface area contributed by atoms with Crippen LogP contribution in [-0.2, 0) is 0 Å². The summed E-state index contributed by atoms with van der Waals surface area (Å²) in [5, 5.41) is 9.15. The molecule has 0 aromatic carbocycles. The largest absolute Gasteiger partial charge is 0.396 e. The first-order chi connectivity index (χ1) is 8.28. The van der Waals surface area contributed by atoms with Crippen LogP contribution < -0.4 is 10.6 Å². The summed E-state index contributed by atoms with van der Waals surface area (Å²) >= 11 is 0. The van der Waals surface area contributed by atoms with Gasteiger partial charge in [-0.2, -0.15) is 9.97 Å². The van der Waals surface area contributed by atoms with Gasteiger partial charge >= 0.3 is 0 Å². The predicted octanol–water partition coefficient (Wildman–Crippen LogP) is -0.246. The van der Waals surface area contributed by atoms with Crippen LogP contribution in [0.4, 0.5) is 11.8 Å². The lowest BCUT2D eigenvalue weighted by Crippen LogP contribution is -2.22. The molecule has 0 bridgehead atoms. The number of nitrogens with two attached hydrogens (primary N) is 1. The van der Waals surface area contributed by atoms with Crippen LogP contribution >= 0.6 is 0 Å². The molecular weight excluding hydrogens is 220 g/mol. The van der Waals surface area contributed by atoms with Crippen molar-refractivity contribution in [1.82, 2.24) is 19.9 Å². The van der Waals surface area contributed by atoms with E-state index in [0.717, 1.165) is 30.8 Å². The van der Waals surface area contributed by atoms with Gasteiger partial charge in [-0.3, -0.25) is 0 Å². The van der Waals surface area contributed by atoms with E-state index in [1.807, 2.05) is 0 Å². The Morgan fingerprint density at radius 2 is 2.41 bits per heavy atom. The molecule has 0 saturated carbocycles. The summed E-state index contributed by atoms with van der Waals surface area (Å²) < 4.78 is 0. The molecule has 1 unspecified atom stereocenters. The molecule has 1 saturated heterocycles. The molecule has 17 heavy (non-hydrogen) atoms. The number of imidazole rings is 1. The van der Waals surface area contributed by atoms with E-state index in [1.54, 1.807) is 6.33 Å².